The summed E-state index contributed by atoms with van der Waals surface area (Å²) in [6, 6.07) is 0. The van der Waals surface area contributed by atoms with E-state index in [0.717, 1.165) is 0 Å². The van der Waals surface area contributed by atoms with Crippen molar-refractivity contribution in [3.8, 4) is 0 Å². The third-order valence-electron chi connectivity index (χ3n) is 3.39. The van der Waals surface area contributed by atoms with E-state index in [1.165, 1.54) is 6.20 Å². The van der Waals surface area contributed by atoms with Gasteiger partial charge in [0.05, 0.1) is 19.3 Å². The lowest BCUT2D eigenvalue weighted by Gasteiger charge is -2.45. The topological polar surface area (TPSA) is 120 Å². The van der Waals surface area contributed by atoms with Gasteiger partial charge in [0, 0.05) is 13.0 Å². The van der Waals surface area contributed by atoms with Gasteiger partial charge in [-0.3, -0.25) is 4.79 Å². The monoisotopic (exact) mass is 325 g/mol. The number of amides is 2. The van der Waals surface area contributed by atoms with Crippen LogP contribution in [0.25, 0.3) is 0 Å². The van der Waals surface area contributed by atoms with Crippen LogP contribution in [0.1, 0.15) is 39.3 Å². The number of rotatable bonds is 5. The second kappa shape index (κ2) is 6.53. The van der Waals surface area contributed by atoms with Crippen LogP contribution >= 0.6 is 0 Å². The van der Waals surface area contributed by atoms with Gasteiger partial charge in [0.25, 0.3) is 0 Å². The molecular weight excluding hydrogens is 302 g/mol. The zero-order valence-corrected chi connectivity index (χ0v) is 13.6. The third-order valence-corrected chi connectivity index (χ3v) is 3.39. The molecule has 0 atom stereocenters. The number of carbonyl (C=O) groups is 2. The van der Waals surface area contributed by atoms with Crippen molar-refractivity contribution >= 4 is 12.0 Å². The van der Waals surface area contributed by atoms with Crippen molar-refractivity contribution in [1.29, 1.82) is 0 Å². The van der Waals surface area contributed by atoms with Crippen LogP contribution in [0.15, 0.2) is 6.20 Å². The quantitative estimate of drug-likeness (QED) is 0.662. The smallest absolute Gasteiger partial charge is 0.407 e. The Morgan fingerprint density at radius 3 is 2.74 bits per heavy atom. The van der Waals surface area contributed by atoms with Crippen molar-refractivity contribution < 1.29 is 19.4 Å². The SMILES string of the molecule is CC(C)(C)OC(=O)NCCCC(=O)N1CC(O)(c2cn[nH]n2)C1. The Balaban J connectivity index is 1.63. The highest BCUT2D eigenvalue weighted by atomic mass is 16.6. The number of nitrogens with zero attached hydrogens (tertiary/aromatic N) is 3. The van der Waals surface area contributed by atoms with Crippen molar-refractivity contribution in [3.63, 3.8) is 0 Å². The van der Waals surface area contributed by atoms with Crippen LogP contribution in [-0.4, -0.2) is 62.7 Å². The molecule has 2 amide bonds. The van der Waals surface area contributed by atoms with Crippen molar-refractivity contribution in [1.82, 2.24) is 25.6 Å². The summed E-state index contributed by atoms with van der Waals surface area (Å²) in [5.41, 5.74) is -1.21. The van der Waals surface area contributed by atoms with Gasteiger partial charge in [0.2, 0.25) is 5.91 Å². The molecule has 1 aliphatic rings. The van der Waals surface area contributed by atoms with Gasteiger partial charge in [0.1, 0.15) is 16.9 Å². The summed E-state index contributed by atoms with van der Waals surface area (Å²) < 4.78 is 5.10. The van der Waals surface area contributed by atoms with Crippen molar-refractivity contribution in [3.05, 3.63) is 11.9 Å². The molecule has 23 heavy (non-hydrogen) atoms. The first-order chi connectivity index (χ1) is 10.7. The Bertz CT molecular complexity index is 546. The molecule has 128 valence electrons. The number of hydrogen-bond acceptors (Lipinski definition) is 6. The summed E-state index contributed by atoms with van der Waals surface area (Å²) in [4.78, 5) is 25.0. The average Bonchev–Trinajstić information content (AvgIpc) is 2.92. The van der Waals surface area contributed by atoms with Gasteiger partial charge < -0.3 is 20.1 Å². The fraction of sp³-hybridized carbons (Fsp3) is 0.714. The Labute approximate surface area is 134 Å². The summed E-state index contributed by atoms with van der Waals surface area (Å²) in [6.45, 7) is 6.14. The molecule has 2 rings (SSSR count). The number of ether oxygens (including phenoxy) is 1. The number of aromatic nitrogens is 3. The van der Waals surface area contributed by atoms with E-state index in [9.17, 15) is 14.7 Å². The van der Waals surface area contributed by atoms with Crippen LogP contribution < -0.4 is 5.32 Å². The van der Waals surface area contributed by atoms with Gasteiger partial charge >= 0.3 is 6.09 Å². The van der Waals surface area contributed by atoms with Crippen molar-refractivity contribution in [2.75, 3.05) is 19.6 Å². The Morgan fingerprint density at radius 1 is 1.48 bits per heavy atom. The summed E-state index contributed by atoms with van der Waals surface area (Å²) in [5, 5.41) is 22.8. The molecule has 0 radical (unpaired) electrons. The lowest BCUT2D eigenvalue weighted by atomic mass is 9.90. The number of carbonyl (C=O) groups excluding carboxylic acids is 2. The highest BCUT2D eigenvalue weighted by Crippen LogP contribution is 2.30. The molecular formula is C14H23N5O4. The molecule has 1 aromatic heterocycles. The highest BCUT2D eigenvalue weighted by Gasteiger charge is 2.46. The molecule has 1 aromatic rings. The molecule has 2 heterocycles. The van der Waals surface area contributed by atoms with Crippen LogP contribution in [0.5, 0.6) is 0 Å². The lowest BCUT2D eigenvalue weighted by molar-refractivity contribution is -0.158. The fourth-order valence-electron chi connectivity index (χ4n) is 2.25. The Hall–Kier alpha value is -2.16. The first-order valence-corrected chi connectivity index (χ1v) is 7.53. The predicted octanol–water partition coefficient (Wildman–Crippen LogP) is 0.139. The summed E-state index contributed by atoms with van der Waals surface area (Å²) in [5.74, 6) is -0.0656. The maximum Gasteiger partial charge on any atom is 0.407 e. The first-order valence-electron chi connectivity index (χ1n) is 7.53. The molecule has 0 unspecified atom stereocenters. The zero-order valence-electron chi connectivity index (χ0n) is 13.6. The van der Waals surface area contributed by atoms with E-state index in [0.29, 0.717) is 25.1 Å². The normalized spacial score (nSPS) is 16.6. The van der Waals surface area contributed by atoms with E-state index in [-0.39, 0.29) is 19.0 Å². The fourth-order valence-corrected chi connectivity index (χ4v) is 2.25. The zero-order chi connectivity index (χ0) is 17.1. The van der Waals surface area contributed by atoms with E-state index >= 15 is 0 Å². The number of alkyl carbamates (subject to hydrolysis) is 1. The highest BCUT2D eigenvalue weighted by molar-refractivity contribution is 5.77. The maximum atomic E-state index is 12.0. The third kappa shape index (κ3) is 4.65. The molecule has 9 heteroatoms. The van der Waals surface area contributed by atoms with Gasteiger partial charge in [-0.05, 0) is 27.2 Å². The van der Waals surface area contributed by atoms with E-state index in [2.05, 4.69) is 20.7 Å². The molecule has 1 saturated heterocycles. The van der Waals surface area contributed by atoms with E-state index in [4.69, 9.17) is 4.74 Å². The largest absolute Gasteiger partial charge is 0.444 e. The number of likely N-dealkylation sites (tertiary alicyclic amines) is 1. The van der Waals surface area contributed by atoms with E-state index < -0.39 is 17.3 Å². The van der Waals surface area contributed by atoms with Gasteiger partial charge in [-0.2, -0.15) is 15.4 Å². The minimum absolute atomic E-state index is 0.0656. The molecule has 9 nitrogen and oxygen atoms in total. The van der Waals surface area contributed by atoms with Crippen molar-refractivity contribution in [2.45, 2.75) is 44.8 Å². The molecule has 1 fully saturated rings. The second-order valence-electron chi connectivity index (χ2n) is 6.67. The van der Waals surface area contributed by atoms with Crippen LogP contribution in [0, 0.1) is 0 Å². The lowest BCUT2D eigenvalue weighted by Crippen LogP contribution is -2.61. The molecule has 3 N–H and O–H groups in total. The number of H-pyrrole nitrogens is 1. The van der Waals surface area contributed by atoms with Crippen LogP contribution in [0.2, 0.25) is 0 Å². The van der Waals surface area contributed by atoms with E-state index in [1.54, 1.807) is 25.7 Å². The number of β-amino-alcohol motifs (C(OH)–C–C–N with tert-alkyl or cyclic N) is 1. The molecule has 0 spiro atoms. The van der Waals surface area contributed by atoms with Gasteiger partial charge in [-0.1, -0.05) is 0 Å². The van der Waals surface area contributed by atoms with E-state index in [1.807, 2.05) is 0 Å². The summed E-state index contributed by atoms with van der Waals surface area (Å²) in [6.07, 6.45) is 1.77. The van der Waals surface area contributed by atoms with Gasteiger partial charge in [-0.15, -0.1) is 0 Å². The standard InChI is InChI=1S/C14H23N5O4/c1-13(2,3)23-12(21)15-6-4-5-11(20)19-8-14(22,9-19)10-7-16-18-17-10/h7,22H,4-6,8-9H2,1-3H3,(H,15,21)(H,16,17,18). The number of aliphatic hydroxyl groups is 1. The maximum absolute atomic E-state index is 12.0. The van der Waals surface area contributed by atoms with Gasteiger partial charge in [-0.25, -0.2) is 4.79 Å². The van der Waals surface area contributed by atoms with Gasteiger partial charge in [0.15, 0.2) is 0 Å². The number of hydrogen-bond donors (Lipinski definition) is 3. The average molecular weight is 325 g/mol. The Kier molecular flexibility index (Phi) is 4.88. The second-order valence-corrected chi connectivity index (χ2v) is 6.67. The van der Waals surface area contributed by atoms with Crippen LogP contribution in [0.4, 0.5) is 4.79 Å². The predicted molar refractivity (Wildman–Crippen MR) is 80.3 cm³/mol. The molecule has 0 saturated carbocycles. The molecule has 1 aliphatic heterocycles. The minimum Gasteiger partial charge on any atom is -0.444 e. The molecule has 0 aliphatic carbocycles. The summed E-state index contributed by atoms with van der Waals surface area (Å²) in [7, 11) is 0. The molecule has 0 bridgehead atoms. The Morgan fingerprint density at radius 2 is 2.17 bits per heavy atom. The minimum atomic E-state index is -1.11. The van der Waals surface area contributed by atoms with Crippen LogP contribution in [-0.2, 0) is 15.1 Å². The number of aromatic amines is 1. The first kappa shape index (κ1) is 17.2. The molecule has 0 aromatic carbocycles. The number of nitrogens with one attached hydrogen (secondary N) is 2. The van der Waals surface area contributed by atoms with Crippen LogP contribution in [0.3, 0.4) is 0 Å². The van der Waals surface area contributed by atoms with Crippen molar-refractivity contribution in [2.24, 2.45) is 0 Å². The summed E-state index contributed by atoms with van der Waals surface area (Å²) >= 11 is 0.